The van der Waals surface area contributed by atoms with Crippen LogP contribution in [0.2, 0.25) is 0 Å². The third kappa shape index (κ3) is 25.9. The molecule has 4 N–H and O–H groups in total. The minimum atomic E-state index is -4.69. The molecule has 3 atom stereocenters. The van der Waals surface area contributed by atoms with Gasteiger partial charge in [-0.1, -0.05) is 90.2 Å². The minimum absolute atomic E-state index is 0.153. The van der Waals surface area contributed by atoms with E-state index >= 15 is 0 Å². The highest BCUT2D eigenvalue weighted by Crippen LogP contribution is 2.43. The molecular formula is C30H56NO10P. The Morgan fingerprint density at radius 1 is 0.714 bits per heavy atom. The van der Waals surface area contributed by atoms with Gasteiger partial charge in [0.15, 0.2) is 6.10 Å². The zero-order chi connectivity index (χ0) is 31.5. The van der Waals surface area contributed by atoms with Crippen molar-refractivity contribution in [3.63, 3.8) is 0 Å². The number of rotatable bonds is 29. The van der Waals surface area contributed by atoms with E-state index in [0.29, 0.717) is 12.8 Å². The van der Waals surface area contributed by atoms with E-state index in [1.807, 2.05) is 0 Å². The average Bonchev–Trinajstić information content (AvgIpc) is 2.95. The number of hydrogen-bond acceptors (Lipinski definition) is 9. The van der Waals surface area contributed by atoms with Crippen molar-refractivity contribution in [2.24, 2.45) is 5.73 Å². The molecule has 0 radical (unpaired) electrons. The first-order valence-corrected chi connectivity index (χ1v) is 17.2. The van der Waals surface area contributed by atoms with Crippen LogP contribution in [-0.4, -0.2) is 59.9 Å². The van der Waals surface area contributed by atoms with E-state index in [4.69, 9.17) is 24.8 Å². The molecular weight excluding hydrogens is 565 g/mol. The lowest BCUT2D eigenvalue weighted by atomic mass is 10.1. The average molecular weight is 622 g/mol. The Kier molecular flexibility index (Phi) is 25.7. The Labute approximate surface area is 252 Å². The van der Waals surface area contributed by atoms with E-state index in [0.717, 1.165) is 64.2 Å². The number of phosphoric acid groups is 1. The van der Waals surface area contributed by atoms with Crippen molar-refractivity contribution < 1.29 is 47.5 Å². The SMILES string of the molecule is CCCCCC/C=C\CCCCCCCC(=O)OC(COC(=O)CCCCCCC)COP(=O)(O)OCC(N)C(=O)O. The van der Waals surface area contributed by atoms with Crippen LogP contribution in [0.5, 0.6) is 0 Å². The van der Waals surface area contributed by atoms with E-state index in [2.05, 4.69) is 30.5 Å². The van der Waals surface area contributed by atoms with Crippen molar-refractivity contribution in [2.75, 3.05) is 19.8 Å². The number of phosphoric ester groups is 1. The highest BCUT2D eigenvalue weighted by atomic mass is 31.2. The van der Waals surface area contributed by atoms with Crippen molar-refractivity contribution in [2.45, 2.75) is 142 Å². The molecule has 246 valence electrons. The Hall–Kier alpha value is -1.78. The molecule has 0 amide bonds. The van der Waals surface area contributed by atoms with Crippen LogP contribution in [0.15, 0.2) is 12.2 Å². The number of ether oxygens (including phenoxy) is 2. The maximum atomic E-state index is 12.4. The summed E-state index contributed by atoms with van der Waals surface area (Å²) >= 11 is 0. The van der Waals surface area contributed by atoms with Gasteiger partial charge in [-0.05, 0) is 38.5 Å². The molecule has 0 aliphatic carbocycles. The number of aliphatic carboxylic acids is 1. The zero-order valence-corrected chi connectivity index (χ0v) is 26.7. The van der Waals surface area contributed by atoms with Crippen LogP contribution in [0.1, 0.15) is 129 Å². The van der Waals surface area contributed by atoms with Crippen LogP contribution < -0.4 is 5.73 Å². The Morgan fingerprint density at radius 3 is 1.76 bits per heavy atom. The zero-order valence-electron chi connectivity index (χ0n) is 25.8. The molecule has 0 fully saturated rings. The smallest absolute Gasteiger partial charge is 0.472 e. The van der Waals surface area contributed by atoms with E-state index in [1.165, 1.54) is 25.7 Å². The van der Waals surface area contributed by atoms with E-state index in [-0.39, 0.29) is 19.4 Å². The fourth-order valence-electron chi connectivity index (χ4n) is 3.94. The highest BCUT2D eigenvalue weighted by Gasteiger charge is 2.28. The molecule has 0 aromatic rings. The molecule has 3 unspecified atom stereocenters. The van der Waals surface area contributed by atoms with E-state index in [9.17, 15) is 23.8 Å². The van der Waals surface area contributed by atoms with Gasteiger partial charge in [-0.15, -0.1) is 0 Å². The molecule has 11 nitrogen and oxygen atoms in total. The van der Waals surface area contributed by atoms with Crippen LogP contribution in [0.4, 0.5) is 0 Å². The topological polar surface area (TPSA) is 172 Å². The van der Waals surface area contributed by atoms with Crippen LogP contribution in [0.3, 0.4) is 0 Å². The summed E-state index contributed by atoms with van der Waals surface area (Å²) in [5, 5.41) is 8.79. The van der Waals surface area contributed by atoms with Gasteiger partial charge in [0.1, 0.15) is 12.6 Å². The van der Waals surface area contributed by atoms with E-state index < -0.39 is 51.1 Å². The summed E-state index contributed by atoms with van der Waals surface area (Å²) in [4.78, 5) is 45.2. The predicted molar refractivity (Wildman–Crippen MR) is 162 cm³/mol. The lowest BCUT2D eigenvalue weighted by molar-refractivity contribution is -0.161. The number of hydrogen-bond donors (Lipinski definition) is 3. The number of carboxylic acids is 1. The summed E-state index contributed by atoms with van der Waals surface area (Å²) in [5.41, 5.74) is 5.27. The lowest BCUT2D eigenvalue weighted by Gasteiger charge is -2.20. The first-order chi connectivity index (χ1) is 20.1. The lowest BCUT2D eigenvalue weighted by Crippen LogP contribution is -2.34. The minimum Gasteiger partial charge on any atom is -0.480 e. The molecule has 0 bridgehead atoms. The summed E-state index contributed by atoms with van der Waals surface area (Å²) in [6.45, 7) is 2.63. The number of nitrogens with two attached hydrogens (primary N) is 1. The van der Waals surface area contributed by atoms with Crippen molar-refractivity contribution in [3.05, 3.63) is 12.2 Å². The molecule has 42 heavy (non-hydrogen) atoms. The van der Waals surface area contributed by atoms with Crippen LogP contribution in [-0.2, 0) is 37.5 Å². The fraction of sp³-hybridized carbons (Fsp3) is 0.833. The monoisotopic (exact) mass is 621 g/mol. The number of esters is 2. The molecule has 0 aromatic carbocycles. The van der Waals surface area contributed by atoms with Crippen LogP contribution >= 0.6 is 7.82 Å². The number of carbonyl (C=O) groups excluding carboxylic acids is 2. The van der Waals surface area contributed by atoms with Crippen molar-refractivity contribution in [3.8, 4) is 0 Å². The van der Waals surface area contributed by atoms with Crippen molar-refractivity contribution in [1.29, 1.82) is 0 Å². The maximum Gasteiger partial charge on any atom is 0.472 e. The van der Waals surface area contributed by atoms with Crippen LogP contribution in [0, 0.1) is 0 Å². The molecule has 0 rings (SSSR count). The van der Waals surface area contributed by atoms with Crippen molar-refractivity contribution in [1.82, 2.24) is 0 Å². The second-order valence-corrected chi connectivity index (χ2v) is 12.0. The van der Waals surface area contributed by atoms with Gasteiger partial charge in [0.05, 0.1) is 13.2 Å². The first-order valence-electron chi connectivity index (χ1n) is 15.7. The van der Waals surface area contributed by atoms with Gasteiger partial charge in [0.25, 0.3) is 0 Å². The second kappa shape index (κ2) is 26.8. The van der Waals surface area contributed by atoms with Crippen LogP contribution in [0.25, 0.3) is 0 Å². The second-order valence-electron chi connectivity index (χ2n) is 10.6. The highest BCUT2D eigenvalue weighted by molar-refractivity contribution is 7.47. The molecule has 0 saturated heterocycles. The maximum absolute atomic E-state index is 12.4. The first kappa shape index (κ1) is 40.2. The number of carboxylic acid groups (broad SMARTS) is 1. The van der Waals surface area contributed by atoms with Gasteiger partial charge in [-0.3, -0.25) is 23.4 Å². The molecule has 0 aliphatic heterocycles. The molecule has 0 spiro atoms. The standard InChI is InChI=1S/C30H56NO10P/c1-3-5-7-9-10-11-12-13-14-15-16-18-20-22-29(33)41-26(23-38-28(32)21-19-17-8-6-4-2)24-39-42(36,37)40-25-27(31)30(34)35/h11-12,26-27H,3-10,13-25,31H2,1-2H3,(H,34,35)(H,36,37)/b12-11-. The van der Waals surface area contributed by atoms with Gasteiger partial charge in [0, 0.05) is 12.8 Å². The number of carbonyl (C=O) groups is 3. The van der Waals surface area contributed by atoms with Gasteiger partial charge in [-0.25, -0.2) is 4.57 Å². The third-order valence-corrected chi connectivity index (χ3v) is 7.46. The van der Waals surface area contributed by atoms with Crippen molar-refractivity contribution >= 4 is 25.7 Å². The van der Waals surface area contributed by atoms with E-state index in [1.54, 1.807) is 0 Å². The molecule has 0 aliphatic rings. The summed E-state index contributed by atoms with van der Waals surface area (Å²) in [6, 6.07) is -1.52. The largest absolute Gasteiger partial charge is 0.480 e. The normalized spacial score (nSPS) is 14.4. The summed E-state index contributed by atoms with van der Waals surface area (Å²) in [5.74, 6) is -2.41. The Morgan fingerprint density at radius 2 is 1.19 bits per heavy atom. The fourth-order valence-corrected chi connectivity index (χ4v) is 4.72. The van der Waals surface area contributed by atoms with Gasteiger partial charge < -0.3 is 25.2 Å². The predicted octanol–water partition coefficient (Wildman–Crippen LogP) is 6.60. The molecule has 0 aromatic heterocycles. The summed E-state index contributed by atoms with van der Waals surface area (Å²) in [7, 11) is -4.69. The Balaban J connectivity index is 4.48. The quantitative estimate of drug-likeness (QED) is 0.0355. The summed E-state index contributed by atoms with van der Waals surface area (Å²) in [6.07, 6.45) is 20.6. The number of allylic oxidation sites excluding steroid dienone is 2. The van der Waals surface area contributed by atoms with Gasteiger partial charge in [-0.2, -0.15) is 0 Å². The van der Waals surface area contributed by atoms with Gasteiger partial charge >= 0.3 is 25.7 Å². The third-order valence-electron chi connectivity index (χ3n) is 6.51. The molecule has 0 heterocycles. The molecule has 0 saturated carbocycles. The Bertz CT molecular complexity index is 792. The summed E-state index contributed by atoms with van der Waals surface area (Å²) < 4.78 is 32.2. The number of unbranched alkanes of at least 4 members (excludes halogenated alkanes) is 13. The van der Waals surface area contributed by atoms with Gasteiger partial charge in [0.2, 0.25) is 0 Å². The molecule has 12 heteroatoms.